The molecule has 0 amide bonds. The molecule has 1 aliphatic rings. The Labute approximate surface area is 109 Å². The lowest BCUT2D eigenvalue weighted by Gasteiger charge is -2.13. The summed E-state index contributed by atoms with van der Waals surface area (Å²) in [6, 6.07) is 7.04. The van der Waals surface area contributed by atoms with Gasteiger partial charge in [-0.05, 0) is 37.1 Å². The Balaban J connectivity index is 1.92. The zero-order valence-corrected chi connectivity index (χ0v) is 11.3. The lowest BCUT2D eigenvalue weighted by Crippen LogP contribution is -2.14. The van der Waals surface area contributed by atoms with Crippen LogP contribution >= 0.6 is 15.9 Å². The van der Waals surface area contributed by atoms with E-state index in [0.29, 0.717) is 11.0 Å². The molecular formula is C13H15BrO3. The SMILES string of the molecule is COC(=O)c1ccc(OCC2(CBr)CC2)cc1. The van der Waals surface area contributed by atoms with E-state index >= 15 is 0 Å². The van der Waals surface area contributed by atoms with Crippen molar-refractivity contribution >= 4 is 21.9 Å². The van der Waals surface area contributed by atoms with Gasteiger partial charge in [0.1, 0.15) is 5.75 Å². The summed E-state index contributed by atoms with van der Waals surface area (Å²) in [7, 11) is 1.37. The van der Waals surface area contributed by atoms with Gasteiger partial charge in [-0.3, -0.25) is 0 Å². The van der Waals surface area contributed by atoms with Crippen molar-refractivity contribution in [1.29, 1.82) is 0 Å². The van der Waals surface area contributed by atoms with Gasteiger partial charge >= 0.3 is 5.97 Å². The van der Waals surface area contributed by atoms with Gasteiger partial charge in [-0.25, -0.2) is 4.79 Å². The molecule has 1 fully saturated rings. The van der Waals surface area contributed by atoms with E-state index < -0.39 is 0 Å². The summed E-state index contributed by atoms with van der Waals surface area (Å²) in [6.07, 6.45) is 2.44. The Bertz CT molecular complexity index is 396. The van der Waals surface area contributed by atoms with Gasteiger partial charge in [0.25, 0.3) is 0 Å². The van der Waals surface area contributed by atoms with Crippen molar-refractivity contribution in [2.24, 2.45) is 5.41 Å². The highest BCUT2D eigenvalue weighted by Gasteiger charge is 2.42. The van der Waals surface area contributed by atoms with Gasteiger partial charge in [-0.1, -0.05) is 15.9 Å². The fraction of sp³-hybridized carbons (Fsp3) is 0.462. The third kappa shape index (κ3) is 3.00. The number of hydrogen-bond donors (Lipinski definition) is 0. The highest BCUT2D eigenvalue weighted by Crippen LogP contribution is 2.47. The molecule has 3 nitrogen and oxygen atoms in total. The highest BCUT2D eigenvalue weighted by molar-refractivity contribution is 9.09. The zero-order valence-electron chi connectivity index (χ0n) is 9.74. The molecule has 1 aromatic carbocycles. The van der Waals surface area contributed by atoms with Crippen molar-refractivity contribution in [2.75, 3.05) is 19.0 Å². The second kappa shape index (κ2) is 5.08. The van der Waals surface area contributed by atoms with Crippen molar-refractivity contribution in [1.82, 2.24) is 0 Å². The number of alkyl halides is 1. The number of methoxy groups -OCH3 is 1. The van der Waals surface area contributed by atoms with Gasteiger partial charge in [-0.15, -0.1) is 0 Å². The normalized spacial score (nSPS) is 16.4. The van der Waals surface area contributed by atoms with E-state index in [4.69, 9.17) is 4.74 Å². The van der Waals surface area contributed by atoms with E-state index in [-0.39, 0.29) is 5.97 Å². The van der Waals surface area contributed by atoms with E-state index in [1.807, 2.05) is 0 Å². The summed E-state index contributed by atoms with van der Waals surface area (Å²) in [5, 5.41) is 0.986. The standard InChI is InChI=1S/C13H15BrO3/c1-16-12(15)10-2-4-11(5-3-10)17-9-13(8-14)6-7-13/h2-5H,6-9H2,1H3. The number of carbonyl (C=O) groups is 1. The minimum atomic E-state index is -0.323. The Morgan fingerprint density at radius 1 is 1.35 bits per heavy atom. The van der Waals surface area contributed by atoms with Crippen LogP contribution in [-0.4, -0.2) is 25.0 Å². The van der Waals surface area contributed by atoms with Crippen molar-refractivity contribution in [3.8, 4) is 5.75 Å². The van der Waals surface area contributed by atoms with Gasteiger partial charge in [0.15, 0.2) is 0 Å². The molecule has 4 heteroatoms. The fourth-order valence-corrected chi connectivity index (χ4v) is 2.26. The van der Waals surface area contributed by atoms with Crippen LogP contribution in [0, 0.1) is 5.41 Å². The lowest BCUT2D eigenvalue weighted by molar-refractivity contribution is 0.0600. The summed E-state index contributed by atoms with van der Waals surface area (Å²) in [4.78, 5) is 11.2. The minimum Gasteiger partial charge on any atom is -0.493 e. The largest absolute Gasteiger partial charge is 0.493 e. The van der Waals surface area contributed by atoms with E-state index in [2.05, 4.69) is 20.7 Å². The van der Waals surface area contributed by atoms with Crippen LogP contribution in [0.1, 0.15) is 23.2 Å². The minimum absolute atomic E-state index is 0.323. The number of esters is 1. The number of benzene rings is 1. The van der Waals surface area contributed by atoms with Crippen LogP contribution in [-0.2, 0) is 4.74 Å². The molecule has 0 N–H and O–H groups in total. The molecule has 0 saturated heterocycles. The molecule has 2 rings (SSSR count). The summed E-state index contributed by atoms with van der Waals surface area (Å²) >= 11 is 3.51. The third-order valence-electron chi connectivity index (χ3n) is 3.06. The maximum absolute atomic E-state index is 11.2. The fourth-order valence-electron chi connectivity index (χ4n) is 1.53. The first kappa shape index (κ1) is 12.4. The van der Waals surface area contributed by atoms with E-state index in [9.17, 15) is 4.79 Å². The summed E-state index contributed by atoms with van der Waals surface area (Å²) in [6.45, 7) is 0.732. The molecule has 0 bridgehead atoms. The van der Waals surface area contributed by atoms with Crippen LogP contribution < -0.4 is 4.74 Å². The maximum atomic E-state index is 11.2. The first-order chi connectivity index (χ1) is 8.19. The van der Waals surface area contributed by atoms with Crippen LogP contribution in [0.4, 0.5) is 0 Å². The third-order valence-corrected chi connectivity index (χ3v) is 4.25. The Kier molecular flexibility index (Phi) is 3.72. The number of rotatable bonds is 5. The van der Waals surface area contributed by atoms with Gasteiger partial charge in [0.05, 0.1) is 19.3 Å². The van der Waals surface area contributed by atoms with Crippen molar-refractivity contribution < 1.29 is 14.3 Å². The van der Waals surface area contributed by atoms with Crippen LogP contribution in [0.25, 0.3) is 0 Å². The molecule has 0 aliphatic heterocycles. The Hall–Kier alpha value is -1.03. The van der Waals surface area contributed by atoms with E-state index in [1.54, 1.807) is 24.3 Å². The molecule has 1 aromatic rings. The van der Waals surface area contributed by atoms with Gasteiger partial charge in [0, 0.05) is 10.7 Å². The Morgan fingerprint density at radius 2 is 2.00 bits per heavy atom. The van der Waals surface area contributed by atoms with Crippen LogP contribution in [0.5, 0.6) is 5.75 Å². The average molecular weight is 299 g/mol. The quantitative estimate of drug-likeness (QED) is 0.619. The number of halogens is 1. The van der Waals surface area contributed by atoms with E-state index in [1.165, 1.54) is 20.0 Å². The molecule has 0 heterocycles. The molecule has 17 heavy (non-hydrogen) atoms. The second-order valence-electron chi connectivity index (χ2n) is 4.44. The van der Waals surface area contributed by atoms with Gasteiger partial charge in [-0.2, -0.15) is 0 Å². The van der Waals surface area contributed by atoms with E-state index in [0.717, 1.165) is 17.7 Å². The molecule has 1 aliphatic carbocycles. The summed E-state index contributed by atoms with van der Waals surface area (Å²) in [5.74, 6) is 0.473. The lowest BCUT2D eigenvalue weighted by atomic mass is 10.2. The first-order valence-electron chi connectivity index (χ1n) is 5.56. The monoisotopic (exact) mass is 298 g/mol. The molecule has 0 aromatic heterocycles. The molecule has 0 radical (unpaired) electrons. The average Bonchev–Trinajstić information content (AvgIpc) is 3.17. The number of ether oxygens (including phenoxy) is 2. The molecule has 92 valence electrons. The molecular weight excluding hydrogens is 284 g/mol. The molecule has 0 atom stereocenters. The first-order valence-corrected chi connectivity index (χ1v) is 6.68. The second-order valence-corrected chi connectivity index (χ2v) is 5.00. The van der Waals surface area contributed by atoms with Crippen molar-refractivity contribution in [3.05, 3.63) is 29.8 Å². The maximum Gasteiger partial charge on any atom is 0.337 e. The number of carbonyl (C=O) groups excluding carboxylic acids is 1. The molecule has 0 unspecified atom stereocenters. The van der Waals surface area contributed by atoms with Crippen LogP contribution in [0.2, 0.25) is 0 Å². The van der Waals surface area contributed by atoms with Gasteiger partial charge in [0.2, 0.25) is 0 Å². The smallest absolute Gasteiger partial charge is 0.337 e. The summed E-state index contributed by atoms with van der Waals surface area (Å²) < 4.78 is 10.3. The Morgan fingerprint density at radius 3 is 2.47 bits per heavy atom. The van der Waals surface area contributed by atoms with Crippen molar-refractivity contribution in [2.45, 2.75) is 12.8 Å². The topological polar surface area (TPSA) is 35.5 Å². The molecule has 0 spiro atoms. The predicted molar refractivity (Wildman–Crippen MR) is 68.7 cm³/mol. The number of hydrogen-bond acceptors (Lipinski definition) is 3. The molecule has 1 saturated carbocycles. The summed E-state index contributed by atoms with van der Waals surface area (Å²) in [5.41, 5.74) is 0.877. The van der Waals surface area contributed by atoms with Crippen LogP contribution in [0.15, 0.2) is 24.3 Å². The van der Waals surface area contributed by atoms with Gasteiger partial charge < -0.3 is 9.47 Å². The van der Waals surface area contributed by atoms with Crippen molar-refractivity contribution in [3.63, 3.8) is 0 Å². The zero-order chi connectivity index (χ0) is 12.3. The highest BCUT2D eigenvalue weighted by atomic mass is 79.9. The predicted octanol–water partition coefficient (Wildman–Crippen LogP) is 3.03. The van der Waals surface area contributed by atoms with Crippen LogP contribution in [0.3, 0.4) is 0 Å².